The molecular formula is C12H19N3O2S. The number of aromatic nitrogens is 2. The molecule has 6 heteroatoms. The van der Waals surface area contributed by atoms with Crippen molar-refractivity contribution in [3.05, 3.63) is 17.1 Å². The highest BCUT2D eigenvalue weighted by Gasteiger charge is 2.20. The minimum atomic E-state index is -3.08. The molecule has 1 N–H and O–H groups in total. The largest absolute Gasteiger partial charge is 0.370 e. The molecule has 0 saturated carbocycles. The van der Waals surface area contributed by atoms with Crippen molar-refractivity contribution < 1.29 is 8.42 Å². The Morgan fingerprint density at radius 1 is 1.28 bits per heavy atom. The summed E-state index contributed by atoms with van der Waals surface area (Å²) in [5.74, 6) is 1.16. The number of rotatable bonds is 5. The van der Waals surface area contributed by atoms with Crippen LogP contribution in [0.4, 0.5) is 5.82 Å². The van der Waals surface area contributed by atoms with Crippen molar-refractivity contribution in [2.45, 2.75) is 38.4 Å². The van der Waals surface area contributed by atoms with Gasteiger partial charge in [-0.2, -0.15) is 0 Å². The van der Waals surface area contributed by atoms with Crippen LogP contribution in [-0.4, -0.2) is 31.2 Å². The molecule has 1 aromatic rings. The molecule has 0 fully saturated rings. The van der Waals surface area contributed by atoms with Crippen molar-refractivity contribution in [3.8, 4) is 0 Å². The van der Waals surface area contributed by atoms with Gasteiger partial charge in [-0.3, -0.25) is 0 Å². The van der Waals surface area contributed by atoms with Crippen LogP contribution in [0.2, 0.25) is 0 Å². The molecule has 0 atom stereocenters. The van der Waals surface area contributed by atoms with Crippen molar-refractivity contribution in [2.75, 3.05) is 18.1 Å². The third-order valence-corrected chi connectivity index (χ3v) is 3.70. The Balaban J connectivity index is 2.33. The molecule has 0 unspecified atom stereocenters. The minimum absolute atomic E-state index is 0.0823. The van der Waals surface area contributed by atoms with Crippen molar-refractivity contribution in [1.29, 1.82) is 0 Å². The fourth-order valence-corrected chi connectivity index (χ4v) is 2.77. The van der Waals surface area contributed by atoms with E-state index < -0.39 is 9.84 Å². The van der Waals surface area contributed by atoms with Gasteiger partial charge < -0.3 is 5.32 Å². The van der Waals surface area contributed by atoms with Crippen LogP contribution in [0.5, 0.6) is 0 Å². The highest BCUT2D eigenvalue weighted by molar-refractivity contribution is 7.89. The normalized spacial score (nSPS) is 14.6. The molecule has 1 aliphatic carbocycles. The van der Waals surface area contributed by atoms with Gasteiger partial charge in [0, 0.05) is 24.1 Å². The highest BCUT2D eigenvalue weighted by atomic mass is 32.2. The number of anilines is 1. The molecule has 1 heterocycles. The average molecular weight is 269 g/mol. The minimum Gasteiger partial charge on any atom is -0.370 e. The molecule has 0 bridgehead atoms. The zero-order valence-corrected chi connectivity index (χ0v) is 11.7. The van der Waals surface area contributed by atoms with E-state index in [0.29, 0.717) is 5.82 Å². The van der Waals surface area contributed by atoms with Crippen LogP contribution in [0.1, 0.15) is 36.8 Å². The van der Waals surface area contributed by atoms with Gasteiger partial charge in [-0.15, -0.1) is 0 Å². The van der Waals surface area contributed by atoms with Gasteiger partial charge in [0.2, 0.25) is 0 Å². The maximum absolute atomic E-state index is 11.3. The maximum Gasteiger partial charge on any atom is 0.154 e. The summed E-state index contributed by atoms with van der Waals surface area (Å²) in [5, 5.41) is 3.27. The van der Waals surface area contributed by atoms with Crippen molar-refractivity contribution in [3.63, 3.8) is 0 Å². The summed E-state index contributed by atoms with van der Waals surface area (Å²) in [5.41, 5.74) is 2.18. The Bertz CT molecular complexity index is 540. The summed E-state index contributed by atoms with van der Waals surface area (Å²) in [6.45, 7) is 2.94. The van der Waals surface area contributed by atoms with Gasteiger partial charge in [0.15, 0.2) is 9.84 Å². The average Bonchev–Trinajstić information content (AvgIpc) is 2.71. The van der Waals surface area contributed by atoms with E-state index in [2.05, 4.69) is 22.2 Å². The second kappa shape index (κ2) is 5.22. The topological polar surface area (TPSA) is 72.0 Å². The van der Waals surface area contributed by atoms with Gasteiger partial charge in [0.1, 0.15) is 17.4 Å². The summed E-state index contributed by atoms with van der Waals surface area (Å²) >= 11 is 0. The van der Waals surface area contributed by atoms with Gasteiger partial charge >= 0.3 is 0 Å². The van der Waals surface area contributed by atoms with Crippen molar-refractivity contribution >= 4 is 15.7 Å². The lowest BCUT2D eigenvalue weighted by Crippen LogP contribution is -2.12. The Labute approximate surface area is 108 Å². The summed E-state index contributed by atoms with van der Waals surface area (Å²) < 4.78 is 22.7. The molecule has 5 nitrogen and oxygen atoms in total. The molecule has 0 spiro atoms. The molecule has 0 amide bonds. The van der Waals surface area contributed by atoms with Crippen LogP contribution >= 0.6 is 0 Å². The van der Waals surface area contributed by atoms with Crippen LogP contribution in [0.15, 0.2) is 0 Å². The molecule has 0 radical (unpaired) electrons. The fraction of sp³-hybridized carbons (Fsp3) is 0.667. The molecule has 0 aromatic carbocycles. The van der Waals surface area contributed by atoms with E-state index in [1.165, 1.54) is 11.8 Å². The number of sulfone groups is 1. The zero-order valence-electron chi connectivity index (χ0n) is 10.9. The van der Waals surface area contributed by atoms with Gasteiger partial charge in [-0.05, 0) is 25.7 Å². The smallest absolute Gasteiger partial charge is 0.154 e. The standard InChI is InChI=1S/C12H19N3O2S/c1-3-7-13-12-9-5-4-6-10(9)14-11(15-12)8-18(2,16)17/h3-8H2,1-2H3,(H,13,14,15). The Kier molecular flexibility index (Phi) is 3.85. The molecule has 0 saturated heterocycles. The summed E-state index contributed by atoms with van der Waals surface area (Å²) in [6, 6.07) is 0. The quantitative estimate of drug-likeness (QED) is 0.873. The van der Waals surface area contributed by atoms with E-state index >= 15 is 0 Å². The summed E-state index contributed by atoms with van der Waals surface area (Å²) in [7, 11) is -3.08. The van der Waals surface area contributed by atoms with Crippen LogP contribution in [0.3, 0.4) is 0 Å². The Hall–Kier alpha value is -1.17. The van der Waals surface area contributed by atoms with E-state index in [1.54, 1.807) is 0 Å². The second-order valence-electron chi connectivity index (χ2n) is 4.76. The van der Waals surface area contributed by atoms with Crippen LogP contribution < -0.4 is 5.32 Å². The van der Waals surface area contributed by atoms with Crippen LogP contribution in [0, 0.1) is 0 Å². The Morgan fingerprint density at radius 3 is 2.72 bits per heavy atom. The number of nitrogens with one attached hydrogen (secondary N) is 1. The van der Waals surface area contributed by atoms with Gasteiger partial charge in [-0.1, -0.05) is 6.92 Å². The predicted molar refractivity (Wildman–Crippen MR) is 71.4 cm³/mol. The first kappa shape index (κ1) is 13.3. The first-order valence-corrected chi connectivity index (χ1v) is 8.36. The first-order chi connectivity index (χ1) is 8.49. The molecule has 1 aromatic heterocycles. The van der Waals surface area contributed by atoms with E-state index in [1.807, 2.05) is 0 Å². The number of aryl methyl sites for hydroxylation is 1. The third kappa shape index (κ3) is 3.19. The number of hydrogen-bond acceptors (Lipinski definition) is 5. The lowest BCUT2D eigenvalue weighted by atomic mass is 10.2. The van der Waals surface area contributed by atoms with Crippen molar-refractivity contribution in [1.82, 2.24) is 9.97 Å². The van der Waals surface area contributed by atoms with E-state index in [9.17, 15) is 8.42 Å². The van der Waals surface area contributed by atoms with Gasteiger partial charge in [0.25, 0.3) is 0 Å². The summed E-state index contributed by atoms with van der Waals surface area (Å²) in [4.78, 5) is 8.74. The lowest BCUT2D eigenvalue weighted by molar-refractivity contribution is 0.599. The number of hydrogen-bond donors (Lipinski definition) is 1. The van der Waals surface area contributed by atoms with Gasteiger partial charge in [-0.25, -0.2) is 18.4 Å². The van der Waals surface area contributed by atoms with Crippen LogP contribution in [0.25, 0.3) is 0 Å². The molecule has 100 valence electrons. The lowest BCUT2D eigenvalue weighted by Gasteiger charge is -2.11. The van der Waals surface area contributed by atoms with E-state index in [4.69, 9.17) is 0 Å². The monoisotopic (exact) mass is 269 g/mol. The highest BCUT2D eigenvalue weighted by Crippen LogP contribution is 2.26. The fourth-order valence-electron chi connectivity index (χ4n) is 2.17. The Morgan fingerprint density at radius 2 is 2.06 bits per heavy atom. The first-order valence-electron chi connectivity index (χ1n) is 6.30. The van der Waals surface area contributed by atoms with E-state index in [-0.39, 0.29) is 5.75 Å². The molecule has 1 aliphatic rings. The zero-order chi connectivity index (χ0) is 13.2. The molecular weight excluding hydrogens is 250 g/mol. The molecule has 18 heavy (non-hydrogen) atoms. The number of fused-ring (bicyclic) bond motifs is 1. The number of nitrogens with zero attached hydrogens (tertiary/aromatic N) is 2. The van der Waals surface area contributed by atoms with Crippen molar-refractivity contribution in [2.24, 2.45) is 0 Å². The van der Waals surface area contributed by atoms with Crippen LogP contribution in [-0.2, 0) is 28.4 Å². The van der Waals surface area contributed by atoms with E-state index in [0.717, 1.165) is 43.7 Å². The van der Waals surface area contributed by atoms with Gasteiger partial charge in [0.05, 0.1) is 0 Å². The molecule has 2 rings (SSSR count). The second-order valence-corrected chi connectivity index (χ2v) is 6.90. The third-order valence-electron chi connectivity index (χ3n) is 2.91. The SMILES string of the molecule is CCCNc1nc(CS(C)(=O)=O)nc2c1CCC2. The summed E-state index contributed by atoms with van der Waals surface area (Å²) in [6.07, 6.45) is 5.21. The maximum atomic E-state index is 11.3. The molecule has 0 aliphatic heterocycles. The predicted octanol–water partition coefficient (Wildman–Crippen LogP) is 1.33.